The molecule has 4 heterocycles. The van der Waals surface area contributed by atoms with Gasteiger partial charge in [0, 0.05) is 36.5 Å². The normalized spacial score (nSPS) is 19.6. The monoisotopic (exact) mass is 554 g/mol. The Hall–Kier alpha value is -4.27. The molecule has 0 unspecified atom stereocenters. The molecule has 0 bridgehead atoms. The van der Waals surface area contributed by atoms with Crippen LogP contribution >= 0.6 is 0 Å². The van der Waals surface area contributed by atoms with Gasteiger partial charge < -0.3 is 20.1 Å². The molecule has 1 fully saturated rings. The van der Waals surface area contributed by atoms with Crippen molar-refractivity contribution in [2.75, 3.05) is 23.7 Å². The molecule has 0 radical (unpaired) electrons. The number of likely N-dealkylation sites (tertiary alicyclic amines) is 1. The largest absolute Gasteiger partial charge is 0.383 e. The number of carbonyl (C=O) groups excluding carboxylic acids is 2. The van der Waals surface area contributed by atoms with Crippen molar-refractivity contribution in [1.82, 2.24) is 19.4 Å². The van der Waals surface area contributed by atoms with Crippen LogP contribution < -0.4 is 10.6 Å². The van der Waals surface area contributed by atoms with Crippen LogP contribution in [0.1, 0.15) is 59.6 Å². The third-order valence-electron chi connectivity index (χ3n) is 8.67. The summed E-state index contributed by atoms with van der Waals surface area (Å²) >= 11 is 0. The number of nitrogens with two attached hydrogens (primary N) is 1. The Morgan fingerprint density at radius 3 is 2.76 bits per heavy atom. The summed E-state index contributed by atoms with van der Waals surface area (Å²) in [6.45, 7) is 11.8. The van der Waals surface area contributed by atoms with Crippen molar-refractivity contribution < 1.29 is 14.0 Å². The van der Waals surface area contributed by atoms with Crippen LogP contribution in [-0.2, 0) is 24.2 Å². The molecule has 0 saturated carbocycles. The molecule has 1 atom stereocenters. The van der Waals surface area contributed by atoms with E-state index in [0.717, 1.165) is 31.2 Å². The van der Waals surface area contributed by atoms with Crippen molar-refractivity contribution in [3.63, 3.8) is 0 Å². The minimum Gasteiger partial charge on any atom is -0.383 e. The van der Waals surface area contributed by atoms with Crippen LogP contribution in [0.25, 0.3) is 17.3 Å². The van der Waals surface area contributed by atoms with Crippen molar-refractivity contribution >= 4 is 29.4 Å². The molecule has 1 saturated heterocycles. The van der Waals surface area contributed by atoms with E-state index in [1.54, 1.807) is 9.80 Å². The van der Waals surface area contributed by atoms with Crippen LogP contribution in [0, 0.1) is 18.2 Å². The van der Waals surface area contributed by atoms with Gasteiger partial charge in [-0.05, 0) is 73.4 Å². The molecule has 2 N–H and O–H groups in total. The minimum absolute atomic E-state index is 0.105. The van der Waals surface area contributed by atoms with Gasteiger partial charge in [-0.3, -0.25) is 9.59 Å². The second-order valence-electron chi connectivity index (χ2n) is 12.1. The predicted octanol–water partition coefficient (Wildman–Crippen LogP) is 4.95. The fraction of sp³-hybridized carbons (Fsp3) is 0.375. The molecule has 41 heavy (non-hydrogen) atoms. The van der Waals surface area contributed by atoms with Crippen molar-refractivity contribution in [3.8, 4) is 11.3 Å². The van der Waals surface area contributed by atoms with Gasteiger partial charge in [-0.1, -0.05) is 32.6 Å². The number of fused-ring (bicyclic) bond motifs is 3. The number of nitrogens with zero attached hydrogens (tertiary/aromatic N) is 5. The van der Waals surface area contributed by atoms with E-state index in [1.165, 1.54) is 35.8 Å². The summed E-state index contributed by atoms with van der Waals surface area (Å²) in [7, 11) is 0. The number of amides is 2. The highest BCUT2D eigenvalue weighted by molar-refractivity contribution is 6.07. The lowest BCUT2D eigenvalue weighted by atomic mass is 9.90. The lowest BCUT2D eigenvalue weighted by Crippen LogP contribution is -2.41. The second kappa shape index (κ2) is 9.98. The average Bonchev–Trinajstić information content (AvgIpc) is 3.61. The molecular formula is C32H35FN6O2. The van der Waals surface area contributed by atoms with Gasteiger partial charge in [0.25, 0.3) is 5.91 Å². The summed E-state index contributed by atoms with van der Waals surface area (Å²) in [4.78, 5) is 38.2. The van der Waals surface area contributed by atoms with Crippen LogP contribution in [0.2, 0.25) is 0 Å². The summed E-state index contributed by atoms with van der Waals surface area (Å²) in [5.41, 5.74) is 12.4. The fourth-order valence-electron chi connectivity index (χ4n) is 6.71. The smallest absolute Gasteiger partial charge is 0.274 e. The van der Waals surface area contributed by atoms with Crippen LogP contribution in [-0.4, -0.2) is 50.4 Å². The van der Waals surface area contributed by atoms with Crippen LogP contribution in [0.5, 0.6) is 0 Å². The van der Waals surface area contributed by atoms with Crippen LogP contribution in [0.3, 0.4) is 0 Å². The molecule has 1 aromatic carbocycles. The number of rotatable bonds is 5. The van der Waals surface area contributed by atoms with Crippen LogP contribution in [0.4, 0.5) is 15.9 Å². The summed E-state index contributed by atoms with van der Waals surface area (Å²) in [6.07, 6.45) is 10.0. The SMILES string of the molecule is C=CC(=O)N1CCC[C@H]1C=Cc1c(N)ncnc1-c1cc(F)cc(N2CCn3c(cc4c3CC(C)(C)C4)C2=O)c1C. The van der Waals surface area contributed by atoms with Gasteiger partial charge in [0.2, 0.25) is 5.91 Å². The predicted molar refractivity (Wildman–Crippen MR) is 158 cm³/mol. The maximum atomic E-state index is 15.2. The molecule has 6 rings (SSSR count). The molecule has 1 aliphatic carbocycles. The Morgan fingerprint density at radius 1 is 1.17 bits per heavy atom. The highest BCUT2D eigenvalue weighted by Gasteiger charge is 2.37. The first-order chi connectivity index (χ1) is 19.6. The Bertz CT molecular complexity index is 1620. The molecule has 0 spiro atoms. The third-order valence-corrected chi connectivity index (χ3v) is 8.67. The maximum Gasteiger partial charge on any atom is 0.274 e. The van der Waals surface area contributed by atoms with Crippen LogP contribution in [0.15, 0.2) is 43.3 Å². The minimum atomic E-state index is -0.468. The lowest BCUT2D eigenvalue weighted by molar-refractivity contribution is -0.126. The Kier molecular flexibility index (Phi) is 6.55. The number of hydrogen-bond acceptors (Lipinski definition) is 5. The zero-order valence-electron chi connectivity index (χ0n) is 23.8. The van der Waals surface area contributed by atoms with E-state index < -0.39 is 5.82 Å². The van der Waals surface area contributed by atoms with E-state index in [-0.39, 0.29) is 29.1 Å². The van der Waals surface area contributed by atoms with Gasteiger partial charge in [0.05, 0.1) is 17.4 Å². The summed E-state index contributed by atoms with van der Waals surface area (Å²) in [5.74, 6) is -0.463. The van der Waals surface area contributed by atoms with E-state index >= 15 is 4.39 Å². The topological polar surface area (TPSA) is 97.3 Å². The van der Waals surface area contributed by atoms with Crippen molar-refractivity contribution in [1.29, 1.82) is 0 Å². The first kappa shape index (κ1) is 26.9. The first-order valence-electron chi connectivity index (χ1n) is 14.1. The van der Waals surface area contributed by atoms with Crippen molar-refractivity contribution in [3.05, 3.63) is 77.2 Å². The molecule has 212 valence electrons. The van der Waals surface area contributed by atoms with Crippen molar-refractivity contribution in [2.45, 2.75) is 59.0 Å². The fourth-order valence-corrected chi connectivity index (χ4v) is 6.71. The maximum absolute atomic E-state index is 15.2. The Labute approximate surface area is 239 Å². The third kappa shape index (κ3) is 4.63. The van der Waals surface area contributed by atoms with E-state index in [0.29, 0.717) is 47.8 Å². The molecule has 3 aliphatic rings. The van der Waals surface area contributed by atoms with Gasteiger partial charge in [0.15, 0.2) is 0 Å². The number of carbonyl (C=O) groups is 2. The van der Waals surface area contributed by atoms with Gasteiger partial charge in [-0.15, -0.1) is 0 Å². The lowest BCUT2D eigenvalue weighted by Gasteiger charge is -2.31. The second-order valence-corrected chi connectivity index (χ2v) is 12.1. The highest BCUT2D eigenvalue weighted by Crippen LogP contribution is 2.41. The number of benzene rings is 1. The molecule has 8 nitrogen and oxygen atoms in total. The Balaban J connectivity index is 1.36. The molecule has 2 aromatic heterocycles. The first-order valence-corrected chi connectivity index (χ1v) is 14.1. The van der Waals surface area contributed by atoms with E-state index in [9.17, 15) is 9.59 Å². The number of aromatic nitrogens is 3. The van der Waals surface area contributed by atoms with Gasteiger partial charge in [0.1, 0.15) is 23.7 Å². The molecule has 2 amide bonds. The highest BCUT2D eigenvalue weighted by atomic mass is 19.1. The van der Waals surface area contributed by atoms with E-state index in [4.69, 9.17) is 5.73 Å². The zero-order valence-corrected chi connectivity index (χ0v) is 23.8. The molecule has 9 heteroatoms. The standard InChI is InChI=1S/C32H35FN6O2/c1-5-28(40)37-10-6-7-22(37)8-9-23-29(35-18-36-30(23)34)24-14-21(33)15-25(19(24)2)39-12-11-38-26(31(39)41)13-20-16-32(3,4)17-27(20)38/h5,8-9,13-15,18,22H,1,6-7,10-12,16-17H2,2-4H3,(H2,34,35,36)/t22-/m0/s1. The summed E-state index contributed by atoms with van der Waals surface area (Å²) < 4.78 is 17.4. The molecule has 2 aliphatic heterocycles. The van der Waals surface area contributed by atoms with Gasteiger partial charge >= 0.3 is 0 Å². The molecule has 3 aromatic rings. The number of anilines is 2. The van der Waals surface area contributed by atoms with Gasteiger partial charge in [-0.2, -0.15) is 0 Å². The van der Waals surface area contributed by atoms with E-state index in [1.807, 2.05) is 25.1 Å². The summed E-state index contributed by atoms with van der Waals surface area (Å²) in [5, 5.41) is 0. The summed E-state index contributed by atoms with van der Waals surface area (Å²) in [6, 6.07) is 4.76. The Morgan fingerprint density at radius 2 is 1.98 bits per heavy atom. The van der Waals surface area contributed by atoms with E-state index in [2.05, 4.69) is 35.0 Å². The quantitative estimate of drug-likeness (QED) is 0.450. The number of nitrogen functional groups attached to an aromatic ring is 1. The van der Waals surface area contributed by atoms with Gasteiger partial charge in [-0.25, -0.2) is 14.4 Å². The van der Waals surface area contributed by atoms with Crippen molar-refractivity contribution in [2.24, 2.45) is 5.41 Å². The molecular weight excluding hydrogens is 519 g/mol. The average molecular weight is 555 g/mol. The number of hydrogen-bond donors (Lipinski definition) is 1. The number of halogens is 1. The zero-order chi connectivity index (χ0) is 29.1.